The van der Waals surface area contributed by atoms with Gasteiger partial charge in [0.05, 0.1) is 12.1 Å². The Hall–Kier alpha value is -2.01. The lowest BCUT2D eigenvalue weighted by atomic mass is 9.92. The minimum Gasteiger partial charge on any atom is -0.342 e. The summed E-state index contributed by atoms with van der Waals surface area (Å²) in [7, 11) is 3.89. The van der Waals surface area contributed by atoms with Crippen LogP contribution in [0.2, 0.25) is 0 Å². The smallest absolute Gasteiger partial charge is 0.236 e. The first kappa shape index (κ1) is 16.8. The van der Waals surface area contributed by atoms with Crippen LogP contribution in [0, 0.1) is 5.92 Å². The maximum atomic E-state index is 12.3. The van der Waals surface area contributed by atoms with Crippen molar-refractivity contribution in [3.63, 3.8) is 0 Å². The van der Waals surface area contributed by atoms with Crippen LogP contribution in [0.3, 0.4) is 0 Å². The van der Waals surface area contributed by atoms with E-state index in [1.165, 1.54) is 12.0 Å². The molecular formula is C19H26N4O. The number of rotatable bonds is 4. The van der Waals surface area contributed by atoms with Crippen molar-refractivity contribution >= 4 is 16.8 Å². The Morgan fingerprint density at radius 2 is 2.12 bits per heavy atom. The summed E-state index contributed by atoms with van der Waals surface area (Å²) >= 11 is 0. The molecule has 0 aliphatic carbocycles. The first-order valence-electron chi connectivity index (χ1n) is 8.73. The monoisotopic (exact) mass is 326 g/mol. The Morgan fingerprint density at radius 1 is 1.25 bits per heavy atom. The molecule has 1 amide bonds. The first-order chi connectivity index (χ1) is 11.6. The van der Waals surface area contributed by atoms with E-state index in [4.69, 9.17) is 0 Å². The summed E-state index contributed by atoms with van der Waals surface area (Å²) in [4.78, 5) is 24.9. The van der Waals surface area contributed by atoms with E-state index in [2.05, 4.69) is 16.0 Å². The molecule has 5 heteroatoms. The first-order valence-corrected chi connectivity index (χ1v) is 8.73. The molecule has 1 aliphatic heterocycles. The van der Waals surface area contributed by atoms with Gasteiger partial charge < -0.3 is 9.80 Å². The van der Waals surface area contributed by atoms with Gasteiger partial charge in [0.1, 0.15) is 0 Å². The summed E-state index contributed by atoms with van der Waals surface area (Å²) < 4.78 is 0. The van der Waals surface area contributed by atoms with E-state index >= 15 is 0 Å². The number of hydrogen-bond acceptors (Lipinski definition) is 4. The highest BCUT2D eigenvalue weighted by atomic mass is 16.2. The van der Waals surface area contributed by atoms with Gasteiger partial charge in [-0.15, -0.1) is 0 Å². The van der Waals surface area contributed by atoms with Crippen LogP contribution in [0.15, 0.2) is 30.7 Å². The second kappa shape index (κ2) is 7.71. The number of aromatic nitrogens is 2. The molecule has 3 rings (SSSR count). The molecule has 0 N–H and O–H groups in total. The summed E-state index contributed by atoms with van der Waals surface area (Å²) in [5, 5.41) is 1.16. The molecule has 0 radical (unpaired) electrons. The van der Waals surface area contributed by atoms with E-state index in [0.29, 0.717) is 12.5 Å². The van der Waals surface area contributed by atoms with E-state index in [1.807, 2.05) is 42.4 Å². The van der Waals surface area contributed by atoms with Gasteiger partial charge in [-0.05, 0) is 63.4 Å². The van der Waals surface area contributed by atoms with Gasteiger partial charge in [-0.3, -0.25) is 14.8 Å². The lowest BCUT2D eigenvalue weighted by Gasteiger charge is -2.22. The van der Waals surface area contributed by atoms with Crippen molar-refractivity contribution in [2.75, 3.05) is 33.7 Å². The topological polar surface area (TPSA) is 49.3 Å². The highest BCUT2D eigenvalue weighted by molar-refractivity contribution is 5.80. The molecule has 1 fully saturated rings. The molecule has 0 aromatic carbocycles. The molecule has 0 saturated carbocycles. The normalized spacial score (nSPS) is 18.8. The number of amides is 1. The molecule has 1 atom stereocenters. The zero-order valence-corrected chi connectivity index (χ0v) is 14.6. The number of pyridine rings is 2. The van der Waals surface area contributed by atoms with Gasteiger partial charge in [-0.2, -0.15) is 0 Å². The lowest BCUT2D eigenvalue weighted by molar-refractivity contribution is -0.131. The van der Waals surface area contributed by atoms with Crippen LogP contribution in [0.1, 0.15) is 24.8 Å². The summed E-state index contributed by atoms with van der Waals surface area (Å²) in [5.74, 6) is 0.868. The zero-order valence-electron chi connectivity index (χ0n) is 14.6. The average Bonchev–Trinajstić information content (AvgIpc) is 2.80. The van der Waals surface area contributed by atoms with Crippen molar-refractivity contribution < 1.29 is 4.79 Å². The average molecular weight is 326 g/mol. The summed E-state index contributed by atoms with van der Waals surface area (Å²) in [6.45, 7) is 2.27. The van der Waals surface area contributed by atoms with Crippen molar-refractivity contribution in [3.8, 4) is 0 Å². The molecule has 3 heterocycles. The predicted molar refractivity (Wildman–Crippen MR) is 95.7 cm³/mol. The maximum Gasteiger partial charge on any atom is 0.236 e. The second-order valence-corrected chi connectivity index (χ2v) is 6.98. The van der Waals surface area contributed by atoms with E-state index in [-0.39, 0.29) is 5.91 Å². The summed E-state index contributed by atoms with van der Waals surface area (Å²) in [6, 6.07) is 4.08. The Balaban J connectivity index is 1.65. The lowest BCUT2D eigenvalue weighted by Crippen LogP contribution is -2.38. The maximum absolute atomic E-state index is 12.3. The molecule has 5 nitrogen and oxygen atoms in total. The van der Waals surface area contributed by atoms with E-state index in [1.54, 1.807) is 6.20 Å². The Morgan fingerprint density at radius 3 is 2.96 bits per heavy atom. The summed E-state index contributed by atoms with van der Waals surface area (Å²) in [5.41, 5.74) is 2.34. The molecular weight excluding hydrogens is 300 g/mol. The number of nitrogens with zero attached hydrogens (tertiary/aromatic N) is 4. The number of carbonyl (C=O) groups excluding carboxylic acids is 1. The second-order valence-electron chi connectivity index (χ2n) is 6.98. The van der Waals surface area contributed by atoms with Crippen molar-refractivity contribution in [2.45, 2.75) is 25.7 Å². The van der Waals surface area contributed by atoms with E-state index < -0.39 is 0 Å². The number of likely N-dealkylation sites (tertiary alicyclic amines) is 1. The van der Waals surface area contributed by atoms with Gasteiger partial charge >= 0.3 is 0 Å². The quantitative estimate of drug-likeness (QED) is 0.865. The zero-order chi connectivity index (χ0) is 16.9. The minimum absolute atomic E-state index is 0.249. The van der Waals surface area contributed by atoms with Gasteiger partial charge in [0.2, 0.25) is 5.91 Å². The SMILES string of the molecule is CN(C)CC(=O)N1CCC[C@@H](Cc2ccnc3ccncc23)CC1. The molecule has 1 saturated heterocycles. The van der Waals surface area contributed by atoms with Crippen molar-refractivity contribution in [2.24, 2.45) is 5.92 Å². The molecule has 0 bridgehead atoms. The van der Waals surface area contributed by atoms with Crippen molar-refractivity contribution in [3.05, 3.63) is 36.3 Å². The van der Waals surface area contributed by atoms with Crippen LogP contribution in [0.4, 0.5) is 0 Å². The number of hydrogen-bond donors (Lipinski definition) is 0. The van der Waals surface area contributed by atoms with Gasteiger partial charge in [-0.25, -0.2) is 0 Å². The fourth-order valence-corrected chi connectivity index (χ4v) is 3.52. The minimum atomic E-state index is 0.249. The van der Waals surface area contributed by atoms with Gasteiger partial charge in [0, 0.05) is 37.1 Å². The largest absolute Gasteiger partial charge is 0.342 e. The Bertz CT molecular complexity index is 695. The van der Waals surface area contributed by atoms with Crippen LogP contribution < -0.4 is 0 Å². The molecule has 24 heavy (non-hydrogen) atoms. The van der Waals surface area contributed by atoms with Gasteiger partial charge in [0.25, 0.3) is 0 Å². The van der Waals surface area contributed by atoms with Gasteiger partial charge in [-0.1, -0.05) is 0 Å². The molecule has 0 unspecified atom stereocenters. The third-order valence-corrected chi connectivity index (χ3v) is 4.79. The van der Waals surface area contributed by atoms with Crippen molar-refractivity contribution in [1.82, 2.24) is 19.8 Å². The van der Waals surface area contributed by atoms with Crippen LogP contribution >= 0.6 is 0 Å². The van der Waals surface area contributed by atoms with Crippen molar-refractivity contribution in [1.29, 1.82) is 0 Å². The number of carbonyl (C=O) groups is 1. The highest BCUT2D eigenvalue weighted by Gasteiger charge is 2.21. The van der Waals surface area contributed by atoms with Crippen LogP contribution in [-0.2, 0) is 11.2 Å². The van der Waals surface area contributed by atoms with E-state index in [0.717, 1.165) is 43.3 Å². The van der Waals surface area contributed by atoms with Crippen LogP contribution in [-0.4, -0.2) is 59.4 Å². The predicted octanol–water partition coefficient (Wildman–Crippen LogP) is 2.36. The molecule has 2 aromatic rings. The fraction of sp³-hybridized carbons (Fsp3) is 0.526. The molecule has 2 aromatic heterocycles. The molecule has 1 aliphatic rings. The molecule has 0 spiro atoms. The third kappa shape index (κ3) is 4.09. The number of fused-ring (bicyclic) bond motifs is 1. The molecule has 128 valence electrons. The van der Waals surface area contributed by atoms with Crippen LogP contribution in [0.5, 0.6) is 0 Å². The highest BCUT2D eigenvalue weighted by Crippen LogP contribution is 2.25. The van der Waals surface area contributed by atoms with Crippen LogP contribution in [0.25, 0.3) is 10.9 Å². The standard InChI is InChI=1S/C19H26N4O/c1-22(2)14-19(24)23-10-3-4-15(7-11-23)12-16-5-9-21-18-6-8-20-13-17(16)18/h5-6,8-9,13,15H,3-4,7,10-12,14H2,1-2H3/t15-/m1/s1. The number of likely N-dealkylation sites (N-methyl/N-ethyl adjacent to an activating group) is 1. The Labute approximate surface area is 143 Å². The summed E-state index contributed by atoms with van der Waals surface area (Å²) in [6.07, 6.45) is 9.98. The van der Waals surface area contributed by atoms with Gasteiger partial charge in [0.15, 0.2) is 0 Å². The van der Waals surface area contributed by atoms with E-state index in [9.17, 15) is 4.79 Å². The third-order valence-electron chi connectivity index (χ3n) is 4.79. The Kier molecular flexibility index (Phi) is 5.41. The fourth-order valence-electron chi connectivity index (χ4n) is 3.52.